The molecule has 0 saturated heterocycles. The molecule has 66 valence electrons. The van der Waals surface area contributed by atoms with E-state index in [1.165, 1.54) is 5.57 Å². The quantitative estimate of drug-likeness (QED) is 0.659. The van der Waals surface area contributed by atoms with Gasteiger partial charge in [-0.15, -0.1) is 0 Å². The second-order valence-corrected chi connectivity index (χ2v) is 3.66. The van der Waals surface area contributed by atoms with Crippen molar-refractivity contribution in [3.8, 4) is 0 Å². The summed E-state index contributed by atoms with van der Waals surface area (Å²) in [6.45, 7) is 0. The second-order valence-electron chi connectivity index (χ2n) is 3.22. The van der Waals surface area contributed by atoms with Gasteiger partial charge < -0.3 is 4.79 Å². The summed E-state index contributed by atoms with van der Waals surface area (Å²) in [5, 5.41) is 0.734. The van der Waals surface area contributed by atoms with Crippen LogP contribution in [0.4, 0.5) is 0 Å². The highest BCUT2D eigenvalue weighted by molar-refractivity contribution is 6.30. The van der Waals surface area contributed by atoms with Gasteiger partial charge in [0.15, 0.2) is 0 Å². The zero-order valence-corrected chi connectivity index (χ0v) is 7.79. The first-order valence-corrected chi connectivity index (χ1v) is 4.59. The molecule has 1 nitrogen and oxygen atoms in total. The zero-order valence-electron chi connectivity index (χ0n) is 7.03. The average Bonchev–Trinajstić information content (AvgIpc) is 2.83. The molecule has 2 rings (SSSR count). The van der Waals surface area contributed by atoms with Crippen LogP contribution in [0.1, 0.15) is 12.0 Å². The van der Waals surface area contributed by atoms with Crippen LogP contribution in [0.25, 0.3) is 6.08 Å². The second kappa shape index (κ2) is 3.35. The third-order valence-electron chi connectivity index (χ3n) is 2.14. The van der Waals surface area contributed by atoms with Crippen LogP contribution in [0.15, 0.2) is 29.8 Å². The molecule has 1 aliphatic carbocycles. The van der Waals surface area contributed by atoms with Gasteiger partial charge in [0, 0.05) is 10.9 Å². The lowest BCUT2D eigenvalue weighted by atomic mass is 10.2. The van der Waals surface area contributed by atoms with Gasteiger partial charge in [0.25, 0.3) is 0 Å². The minimum atomic E-state index is 0.166. The fraction of sp³-hybridized carbons (Fsp3) is 0.182. The minimum absolute atomic E-state index is 0.166. The SMILES string of the molecule is O=CC1C/C1=C\c1cccc(Cl)c1. The van der Waals surface area contributed by atoms with Crippen molar-refractivity contribution in [2.75, 3.05) is 0 Å². The summed E-state index contributed by atoms with van der Waals surface area (Å²) < 4.78 is 0. The zero-order chi connectivity index (χ0) is 9.26. The molecule has 1 aromatic rings. The Morgan fingerprint density at radius 3 is 2.92 bits per heavy atom. The summed E-state index contributed by atoms with van der Waals surface area (Å²) in [5.41, 5.74) is 2.28. The number of aldehydes is 1. The van der Waals surface area contributed by atoms with Crippen LogP contribution < -0.4 is 0 Å². The average molecular weight is 193 g/mol. The first-order chi connectivity index (χ1) is 6.29. The summed E-state index contributed by atoms with van der Waals surface area (Å²) >= 11 is 5.82. The molecule has 0 N–H and O–H groups in total. The third kappa shape index (κ3) is 1.99. The van der Waals surface area contributed by atoms with Crippen molar-refractivity contribution in [1.29, 1.82) is 0 Å². The molecule has 0 aromatic heterocycles. The predicted molar refractivity (Wildman–Crippen MR) is 53.6 cm³/mol. The Labute approximate surface area is 82.0 Å². The van der Waals surface area contributed by atoms with Gasteiger partial charge in [-0.05, 0) is 24.1 Å². The molecule has 0 spiro atoms. The molecule has 0 radical (unpaired) electrons. The van der Waals surface area contributed by atoms with E-state index in [0.717, 1.165) is 23.3 Å². The molecule has 0 bridgehead atoms. The van der Waals surface area contributed by atoms with Crippen LogP contribution in [0.2, 0.25) is 5.02 Å². The molecule has 1 unspecified atom stereocenters. The normalized spacial score (nSPS) is 23.2. The van der Waals surface area contributed by atoms with Crippen molar-refractivity contribution in [3.05, 3.63) is 40.4 Å². The Balaban J connectivity index is 2.19. The lowest BCUT2D eigenvalue weighted by Gasteiger charge is -1.92. The molecule has 1 aliphatic rings. The van der Waals surface area contributed by atoms with E-state index in [2.05, 4.69) is 0 Å². The van der Waals surface area contributed by atoms with E-state index in [4.69, 9.17) is 11.6 Å². The van der Waals surface area contributed by atoms with Crippen molar-refractivity contribution in [2.45, 2.75) is 6.42 Å². The van der Waals surface area contributed by atoms with E-state index < -0.39 is 0 Å². The van der Waals surface area contributed by atoms with E-state index in [1.807, 2.05) is 30.3 Å². The predicted octanol–water partition coefficient (Wildman–Crippen LogP) is 2.94. The highest BCUT2D eigenvalue weighted by Crippen LogP contribution is 2.37. The minimum Gasteiger partial charge on any atom is -0.303 e. The third-order valence-corrected chi connectivity index (χ3v) is 2.37. The van der Waals surface area contributed by atoms with Gasteiger partial charge in [-0.25, -0.2) is 0 Å². The largest absolute Gasteiger partial charge is 0.303 e. The lowest BCUT2D eigenvalue weighted by molar-refractivity contribution is -0.108. The van der Waals surface area contributed by atoms with Crippen molar-refractivity contribution in [2.24, 2.45) is 5.92 Å². The Kier molecular flexibility index (Phi) is 2.19. The summed E-state index contributed by atoms with van der Waals surface area (Å²) in [5.74, 6) is 0.166. The van der Waals surface area contributed by atoms with Crippen molar-refractivity contribution >= 4 is 24.0 Å². The first kappa shape index (κ1) is 8.52. The van der Waals surface area contributed by atoms with Gasteiger partial charge in [-0.3, -0.25) is 0 Å². The molecule has 1 fully saturated rings. The highest BCUT2D eigenvalue weighted by Gasteiger charge is 2.28. The Hall–Kier alpha value is -1.08. The van der Waals surface area contributed by atoms with Crippen LogP contribution in [0, 0.1) is 5.92 Å². The Morgan fingerprint density at radius 1 is 1.46 bits per heavy atom. The maximum atomic E-state index is 10.4. The Morgan fingerprint density at radius 2 is 2.31 bits per heavy atom. The number of carbonyl (C=O) groups is 1. The van der Waals surface area contributed by atoms with Crippen LogP contribution >= 0.6 is 11.6 Å². The number of allylic oxidation sites excluding steroid dienone is 1. The first-order valence-electron chi connectivity index (χ1n) is 4.21. The molecular formula is C11H9ClO. The maximum absolute atomic E-state index is 10.4. The smallest absolute Gasteiger partial charge is 0.127 e. The van der Waals surface area contributed by atoms with Crippen LogP contribution in [0.3, 0.4) is 0 Å². The van der Waals surface area contributed by atoms with Gasteiger partial charge >= 0.3 is 0 Å². The number of hydrogen-bond acceptors (Lipinski definition) is 1. The maximum Gasteiger partial charge on any atom is 0.127 e. The highest BCUT2D eigenvalue weighted by atomic mass is 35.5. The fourth-order valence-electron chi connectivity index (χ4n) is 1.31. The summed E-state index contributed by atoms with van der Waals surface area (Å²) in [7, 11) is 0. The van der Waals surface area contributed by atoms with Crippen LogP contribution in [-0.4, -0.2) is 6.29 Å². The van der Waals surface area contributed by atoms with Crippen molar-refractivity contribution < 1.29 is 4.79 Å². The number of carbonyl (C=O) groups excluding carboxylic acids is 1. The Bertz CT molecular complexity index is 368. The van der Waals surface area contributed by atoms with E-state index >= 15 is 0 Å². The summed E-state index contributed by atoms with van der Waals surface area (Å²) in [6, 6.07) is 7.63. The monoisotopic (exact) mass is 192 g/mol. The van der Waals surface area contributed by atoms with Crippen molar-refractivity contribution in [3.63, 3.8) is 0 Å². The van der Waals surface area contributed by atoms with E-state index in [9.17, 15) is 4.79 Å². The van der Waals surface area contributed by atoms with Gasteiger partial charge in [0.2, 0.25) is 0 Å². The molecule has 1 atom stereocenters. The number of hydrogen-bond donors (Lipinski definition) is 0. The van der Waals surface area contributed by atoms with E-state index in [-0.39, 0.29) is 5.92 Å². The van der Waals surface area contributed by atoms with Crippen LogP contribution in [0.5, 0.6) is 0 Å². The van der Waals surface area contributed by atoms with E-state index in [1.54, 1.807) is 0 Å². The van der Waals surface area contributed by atoms with E-state index in [0.29, 0.717) is 0 Å². The van der Waals surface area contributed by atoms with Gasteiger partial charge in [-0.1, -0.05) is 35.4 Å². The van der Waals surface area contributed by atoms with Gasteiger partial charge in [-0.2, -0.15) is 0 Å². The number of benzene rings is 1. The number of halogens is 1. The van der Waals surface area contributed by atoms with Crippen molar-refractivity contribution in [1.82, 2.24) is 0 Å². The van der Waals surface area contributed by atoms with Crippen LogP contribution in [-0.2, 0) is 4.79 Å². The molecule has 0 heterocycles. The molecule has 2 heteroatoms. The van der Waals surface area contributed by atoms with Gasteiger partial charge in [0.1, 0.15) is 6.29 Å². The number of rotatable bonds is 2. The summed E-state index contributed by atoms with van der Waals surface area (Å²) in [4.78, 5) is 10.4. The summed E-state index contributed by atoms with van der Waals surface area (Å²) in [6.07, 6.45) is 3.94. The molecule has 0 amide bonds. The fourth-order valence-corrected chi connectivity index (χ4v) is 1.51. The standard InChI is InChI=1S/C11H9ClO/c12-11-3-1-2-8(5-11)4-9-6-10(9)7-13/h1-5,7,10H,6H2/b9-4+. The topological polar surface area (TPSA) is 17.1 Å². The lowest BCUT2D eigenvalue weighted by Crippen LogP contribution is -1.73. The molecular weight excluding hydrogens is 184 g/mol. The molecule has 1 aromatic carbocycles. The molecule has 13 heavy (non-hydrogen) atoms. The molecule has 1 saturated carbocycles. The molecule has 0 aliphatic heterocycles. The van der Waals surface area contributed by atoms with Gasteiger partial charge in [0.05, 0.1) is 0 Å².